The zero-order chi connectivity index (χ0) is 13.4. The van der Waals surface area contributed by atoms with E-state index in [1.54, 1.807) is 0 Å². The molecule has 0 bridgehead atoms. The van der Waals surface area contributed by atoms with E-state index >= 15 is 0 Å². The molecule has 1 aromatic heterocycles. The maximum Gasteiger partial charge on any atom is 0.109 e. The van der Waals surface area contributed by atoms with E-state index in [-0.39, 0.29) is 0 Å². The van der Waals surface area contributed by atoms with Crippen molar-refractivity contribution in [1.29, 1.82) is 0 Å². The van der Waals surface area contributed by atoms with E-state index in [0.717, 1.165) is 49.2 Å². The van der Waals surface area contributed by atoms with Crippen molar-refractivity contribution < 1.29 is 0 Å². The highest BCUT2D eigenvalue weighted by atomic mass is 35.5. The van der Waals surface area contributed by atoms with Gasteiger partial charge in [-0.05, 0) is 38.1 Å². The second kappa shape index (κ2) is 5.31. The summed E-state index contributed by atoms with van der Waals surface area (Å²) in [7, 11) is 0. The Bertz CT molecular complexity index is 600. The van der Waals surface area contributed by atoms with E-state index in [1.807, 2.05) is 12.1 Å². The first-order chi connectivity index (χ1) is 9.20. The van der Waals surface area contributed by atoms with Gasteiger partial charge in [-0.1, -0.05) is 30.1 Å². The lowest BCUT2D eigenvalue weighted by atomic mass is 10.1. The molecule has 0 saturated carbocycles. The molecular formula is C14H17Cl2N3. The number of piperidine rings is 1. The molecule has 19 heavy (non-hydrogen) atoms. The average molecular weight is 298 g/mol. The Hall–Kier alpha value is -0.770. The van der Waals surface area contributed by atoms with Crippen molar-refractivity contribution in [3.63, 3.8) is 0 Å². The lowest BCUT2D eigenvalue weighted by molar-refractivity contribution is 0.367. The molecule has 0 atom stereocenters. The molecule has 3 rings (SSSR count). The van der Waals surface area contributed by atoms with Crippen LogP contribution in [0.15, 0.2) is 12.1 Å². The number of hydrogen-bond donors (Lipinski definition) is 1. The molecule has 2 heterocycles. The molecule has 1 fully saturated rings. The summed E-state index contributed by atoms with van der Waals surface area (Å²) in [6.45, 7) is 4.27. The van der Waals surface area contributed by atoms with Gasteiger partial charge in [0.05, 0.1) is 21.1 Å². The largest absolute Gasteiger partial charge is 0.325 e. The molecule has 0 radical (unpaired) electrons. The number of aryl methyl sites for hydroxylation is 1. The number of benzene rings is 1. The number of fused-ring (bicyclic) bond motifs is 1. The minimum Gasteiger partial charge on any atom is -0.325 e. The fourth-order valence-electron chi connectivity index (χ4n) is 2.86. The second-order valence-corrected chi connectivity index (χ2v) is 5.80. The predicted octanol–water partition coefficient (Wildman–Crippen LogP) is 3.83. The number of nitrogens with zero attached hydrogens (tertiary/aromatic N) is 2. The Balaban J connectivity index is 2.16. The molecular weight excluding hydrogens is 281 g/mol. The van der Waals surface area contributed by atoms with Gasteiger partial charge in [0.2, 0.25) is 0 Å². The highest BCUT2D eigenvalue weighted by Gasteiger charge is 2.21. The summed E-state index contributed by atoms with van der Waals surface area (Å²) in [5, 5.41) is 4.58. The highest BCUT2D eigenvalue weighted by Crippen LogP contribution is 2.32. The number of hydrogen-bond acceptors (Lipinski definition) is 2. The highest BCUT2D eigenvalue weighted by molar-refractivity contribution is 6.42. The monoisotopic (exact) mass is 297 g/mol. The van der Waals surface area contributed by atoms with Gasteiger partial charge in [0.25, 0.3) is 0 Å². The molecule has 0 amide bonds. The Morgan fingerprint density at radius 2 is 1.95 bits per heavy atom. The Morgan fingerprint density at radius 1 is 1.26 bits per heavy atom. The molecule has 0 unspecified atom stereocenters. The number of imidazole rings is 1. The fraction of sp³-hybridized carbons (Fsp3) is 0.500. The summed E-state index contributed by atoms with van der Waals surface area (Å²) < 4.78 is 2.36. The van der Waals surface area contributed by atoms with E-state index in [4.69, 9.17) is 28.2 Å². The Morgan fingerprint density at radius 3 is 2.63 bits per heavy atom. The maximum absolute atomic E-state index is 6.17. The van der Waals surface area contributed by atoms with Gasteiger partial charge in [-0.2, -0.15) is 0 Å². The second-order valence-electron chi connectivity index (χ2n) is 4.99. The smallest absolute Gasteiger partial charge is 0.109 e. The van der Waals surface area contributed by atoms with Crippen molar-refractivity contribution in [3.8, 4) is 0 Å². The molecule has 1 N–H and O–H groups in total. The third-order valence-electron chi connectivity index (χ3n) is 3.79. The molecule has 1 saturated heterocycles. The van der Waals surface area contributed by atoms with Crippen molar-refractivity contribution in [3.05, 3.63) is 28.0 Å². The lowest BCUT2D eigenvalue weighted by Crippen LogP contribution is -2.30. The Kier molecular flexibility index (Phi) is 3.70. The van der Waals surface area contributed by atoms with Crippen molar-refractivity contribution >= 4 is 34.2 Å². The van der Waals surface area contributed by atoms with E-state index in [0.29, 0.717) is 16.1 Å². The third kappa shape index (κ3) is 2.35. The van der Waals surface area contributed by atoms with Gasteiger partial charge in [0.1, 0.15) is 5.82 Å². The summed E-state index contributed by atoms with van der Waals surface area (Å²) in [6, 6.07) is 4.34. The van der Waals surface area contributed by atoms with Crippen molar-refractivity contribution in [2.24, 2.45) is 0 Å². The van der Waals surface area contributed by atoms with Crippen LogP contribution in [-0.2, 0) is 6.42 Å². The molecule has 1 aliphatic heterocycles. The molecule has 102 valence electrons. The van der Waals surface area contributed by atoms with Crippen LogP contribution in [0.25, 0.3) is 11.0 Å². The van der Waals surface area contributed by atoms with Crippen LogP contribution in [0.2, 0.25) is 10.0 Å². The van der Waals surface area contributed by atoms with Crippen molar-refractivity contribution in [2.75, 3.05) is 13.1 Å². The first-order valence-electron chi connectivity index (χ1n) is 6.77. The SMILES string of the molecule is CCc1nc2cc(Cl)c(Cl)cc2n1C1CCNCC1. The molecule has 2 aromatic rings. The van der Waals surface area contributed by atoms with E-state index < -0.39 is 0 Å². The third-order valence-corrected chi connectivity index (χ3v) is 4.52. The van der Waals surface area contributed by atoms with E-state index in [2.05, 4.69) is 16.8 Å². The lowest BCUT2D eigenvalue weighted by Gasteiger charge is -2.26. The van der Waals surface area contributed by atoms with Crippen LogP contribution >= 0.6 is 23.2 Å². The van der Waals surface area contributed by atoms with Crippen LogP contribution in [0.5, 0.6) is 0 Å². The van der Waals surface area contributed by atoms with Gasteiger partial charge in [0, 0.05) is 12.5 Å². The van der Waals surface area contributed by atoms with E-state index in [1.165, 1.54) is 0 Å². The van der Waals surface area contributed by atoms with Gasteiger partial charge < -0.3 is 9.88 Å². The molecule has 0 spiro atoms. The van der Waals surface area contributed by atoms with Crippen molar-refractivity contribution in [2.45, 2.75) is 32.2 Å². The van der Waals surface area contributed by atoms with Crippen LogP contribution in [0.3, 0.4) is 0 Å². The summed E-state index contributed by atoms with van der Waals surface area (Å²) in [6.07, 6.45) is 3.20. The molecule has 0 aliphatic carbocycles. The van der Waals surface area contributed by atoms with Crippen LogP contribution in [0.4, 0.5) is 0 Å². The number of nitrogens with one attached hydrogen (secondary N) is 1. The minimum absolute atomic E-state index is 0.512. The summed E-state index contributed by atoms with van der Waals surface area (Å²) >= 11 is 12.3. The van der Waals surface area contributed by atoms with Crippen LogP contribution in [-0.4, -0.2) is 22.6 Å². The number of rotatable bonds is 2. The maximum atomic E-state index is 6.17. The first kappa shape index (κ1) is 13.2. The summed E-state index contributed by atoms with van der Waals surface area (Å²) in [5.41, 5.74) is 2.06. The van der Waals surface area contributed by atoms with Gasteiger partial charge in [-0.3, -0.25) is 0 Å². The predicted molar refractivity (Wildman–Crippen MR) is 80.3 cm³/mol. The molecule has 1 aliphatic rings. The standard InChI is InChI=1S/C14H17Cl2N3/c1-2-14-18-12-7-10(15)11(16)8-13(12)19(14)9-3-5-17-6-4-9/h7-9,17H,2-6H2,1H3. The van der Waals surface area contributed by atoms with Crippen LogP contribution in [0.1, 0.15) is 31.6 Å². The van der Waals surface area contributed by atoms with Gasteiger partial charge in [0.15, 0.2) is 0 Å². The van der Waals surface area contributed by atoms with Crippen LogP contribution in [0, 0.1) is 0 Å². The van der Waals surface area contributed by atoms with Gasteiger partial charge in [-0.15, -0.1) is 0 Å². The van der Waals surface area contributed by atoms with Crippen LogP contribution < -0.4 is 5.32 Å². The summed E-state index contributed by atoms with van der Waals surface area (Å²) in [4.78, 5) is 4.71. The number of aromatic nitrogens is 2. The quantitative estimate of drug-likeness (QED) is 0.913. The first-order valence-corrected chi connectivity index (χ1v) is 7.53. The van der Waals surface area contributed by atoms with Gasteiger partial charge in [-0.25, -0.2) is 4.98 Å². The molecule has 3 nitrogen and oxygen atoms in total. The zero-order valence-electron chi connectivity index (χ0n) is 10.9. The van der Waals surface area contributed by atoms with E-state index in [9.17, 15) is 0 Å². The fourth-order valence-corrected chi connectivity index (χ4v) is 3.18. The number of halogens is 2. The summed E-state index contributed by atoms with van der Waals surface area (Å²) in [5.74, 6) is 1.13. The molecule has 5 heteroatoms. The molecule has 1 aromatic carbocycles. The van der Waals surface area contributed by atoms with Gasteiger partial charge >= 0.3 is 0 Å². The normalized spacial score (nSPS) is 17.2. The van der Waals surface area contributed by atoms with Crippen molar-refractivity contribution in [1.82, 2.24) is 14.9 Å². The average Bonchev–Trinajstić information content (AvgIpc) is 2.78. The minimum atomic E-state index is 0.512. The zero-order valence-corrected chi connectivity index (χ0v) is 12.4. The Labute approximate surface area is 122 Å². The topological polar surface area (TPSA) is 29.9 Å².